The van der Waals surface area contributed by atoms with Gasteiger partial charge in [-0.05, 0) is 36.2 Å². The van der Waals surface area contributed by atoms with Gasteiger partial charge in [-0.3, -0.25) is 9.59 Å². The molecule has 2 aromatic rings. The summed E-state index contributed by atoms with van der Waals surface area (Å²) in [7, 11) is 0. The van der Waals surface area contributed by atoms with Crippen molar-refractivity contribution in [3.8, 4) is 0 Å². The van der Waals surface area contributed by atoms with Gasteiger partial charge in [-0.15, -0.1) is 0 Å². The number of carbonyl (C=O) groups is 2. The molecule has 28 heavy (non-hydrogen) atoms. The number of nitrogens with zero attached hydrogens (tertiary/aromatic N) is 3. The molecule has 4 rings (SSSR count). The summed E-state index contributed by atoms with van der Waals surface area (Å²) in [6, 6.07) is 11.4. The van der Waals surface area contributed by atoms with E-state index in [1.54, 1.807) is 12.3 Å². The fraction of sp³-hybridized carbons (Fsp3) is 0.381. The summed E-state index contributed by atoms with van der Waals surface area (Å²) in [5.74, 6) is 0.890. The van der Waals surface area contributed by atoms with Crippen molar-refractivity contribution < 1.29 is 14.3 Å². The largest absolute Gasteiger partial charge is 0.378 e. The van der Waals surface area contributed by atoms with Crippen molar-refractivity contribution in [2.75, 3.05) is 42.6 Å². The molecule has 1 aromatic heterocycles. The Hall–Kier alpha value is -2.93. The van der Waals surface area contributed by atoms with Crippen LogP contribution in [0.5, 0.6) is 0 Å². The number of pyridine rings is 1. The minimum atomic E-state index is -0.153. The van der Waals surface area contributed by atoms with Crippen LogP contribution in [0.2, 0.25) is 0 Å². The molecular weight excluding hydrogens is 356 g/mol. The van der Waals surface area contributed by atoms with Crippen LogP contribution in [0.15, 0.2) is 42.6 Å². The maximum Gasteiger partial charge on any atom is 0.253 e. The predicted octanol–water partition coefficient (Wildman–Crippen LogP) is 1.97. The summed E-state index contributed by atoms with van der Waals surface area (Å²) < 4.78 is 5.35. The van der Waals surface area contributed by atoms with Crippen molar-refractivity contribution in [2.45, 2.75) is 19.4 Å². The third-order valence-corrected chi connectivity index (χ3v) is 5.12. The van der Waals surface area contributed by atoms with Crippen LogP contribution in [0.1, 0.15) is 28.8 Å². The second-order valence-corrected chi connectivity index (χ2v) is 7.00. The third-order valence-electron chi connectivity index (χ3n) is 5.12. The van der Waals surface area contributed by atoms with Crippen LogP contribution in [0.3, 0.4) is 0 Å². The van der Waals surface area contributed by atoms with E-state index >= 15 is 0 Å². The van der Waals surface area contributed by atoms with Gasteiger partial charge >= 0.3 is 0 Å². The SMILES string of the molecule is O=C(NCc1ccc(N2CCCC2=O)cc1)c1ccc(N2CCOCC2)nc1. The average Bonchev–Trinajstić information content (AvgIpc) is 3.19. The van der Waals surface area contributed by atoms with Gasteiger partial charge in [-0.2, -0.15) is 0 Å². The van der Waals surface area contributed by atoms with Crippen molar-refractivity contribution in [1.82, 2.24) is 10.3 Å². The number of ether oxygens (including phenoxy) is 1. The molecule has 2 amide bonds. The monoisotopic (exact) mass is 380 g/mol. The van der Waals surface area contributed by atoms with E-state index in [0.29, 0.717) is 31.7 Å². The van der Waals surface area contributed by atoms with Crippen LogP contribution in [0.4, 0.5) is 11.5 Å². The Morgan fingerprint density at radius 3 is 2.50 bits per heavy atom. The molecule has 2 fully saturated rings. The average molecular weight is 380 g/mol. The number of rotatable bonds is 5. The fourth-order valence-corrected chi connectivity index (χ4v) is 3.50. The first-order valence-electron chi connectivity index (χ1n) is 9.67. The Balaban J connectivity index is 1.32. The Kier molecular flexibility index (Phi) is 5.53. The van der Waals surface area contributed by atoms with Gasteiger partial charge in [-0.1, -0.05) is 12.1 Å². The number of aromatic nitrogens is 1. The summed E-state index contributed by atoms with van der Waals surface area (Å²) in [6.07, 6.45) is 3.15. The number of anilines is 2. The van der Waals surface area contributed by atoms with E-state index in [-0.39, 0.29) is 11.8 Å². The first kappa shape index (κ1) is 18.4. The van der Waals surface area contributed by atoms with Gasteiger partial charge in [0.2, 0.25) is 5.91 Å². The zero-order valence-corrected chi connectivity index (χ0v) is 15.8. The lowest BCUT2D eigenvalue weighted by Gasteiger charge is -2.27. The smallest absolute Gasteiger partial charge is 0.253 e. The van der Waals surface area contributed by atoms with Gasteiger partial charge in [0.05, 0.1) is 18.8 Å². The second-order valence-electron chi connectivity index (χ2n) is 7.00. The molecule has 146 valence electrons. The lowest BCUT2D eigenvalue weighted by atomic mass is 10.2. The zero-order valence-electron chi connectivity index (χ0n) is 15.8. The quantitative estimate of drug-likeness (QED) is 0.859. The normalized spacial score (nSPS) is 17.1. The Morgan fingerprint density at radius 2 is 1.86 bits per heavy atom. The molecule has 2 aliphatic heterocycles. The second kappa shape index (κ2) is 8.39. The van der Waals surface area contributed by atoms with Gasteiger partial charge < -0.3 is 19.9 Å². The summed E-state index contributed by atoms with van der Waals surface area (Å²) in [6.45, 7) is 4.25. The molecule has 0 aliphatic carbocycles. The predicted molar refractivity (Wildman–Crippen MR) is 106 cm³/mol. The van der Waals surface area contributed by atoms with Gasteiger partial charge in [0.15, 0.2) is 0 Å². The molecule has 2 aliphatic rings. The summed E-state index contributed by atoms with van der Waals surface area (Å²) in [4.78, 5) is 32.6. The van der Waals surface area contributed by atoms with Crippen LogP contribution < -0.4 is 15.1 Å². The topological polar surface area (TPSA) is 74.8 Å². The van der Waals surface area contributed by atoms with Crippen LogP contribution >= 0.6 is 0 Å². The molecule has 0 spiro atoms. The molecule has 1 N–H and O–H groups in total. The number of nitrogens with one attached hydrogen (secondary N) is 1. The van der Waals surface area contributed by atoms with Gasteiger partial charge in [0, 0.05) is 44.5 Å². The first-order chi connectivity index (χ1) is 13.7. The maximum absolute atomic E-state index is 12.4. The first-order valence-corrected chi connectivity index (χ1v) is 9.67. The molecule has 7 heteroatoms. The highest BCUT2D eigenvalue weighted by atomic mass is 16.5. The standard InChI is InChI=1S/C21H24N4O3/c26-20-2-1-9-25(20)18-6-3-16(4-7-18)14-23-21(27)17-5-8-19(22-15-17)24-10-12-28-13-11-24/h3-8,15H,1-2,9-14H2,(H,23,27). The Labute approximate surface area is 164 Å². The van der Waals surface area contributed by atoms with E-state index in [1.807, 2.05) is 35.2 Å². The number of morpholine rings is 1. The molecular formula is C21H24N4O3. The highest BCUT2D eigenvalue weighted by Gasteiger charge is 2.21. The minimum absolute atomic E-state index is 0.153. The number of amides is 2. The number of hydrogen-bond acceptors (Lipinski definition) is 5. The van der Waals surface area contributed by atoms with Gasteiger partial charge in [0.1, 0.15) is 5.82 Å². The van der Waals surface area contributed by atoms with E-state index in [4.69, 9.17) is 4.74 Å². The van der Waals surface area contributed by atoms with E-state index in [2.05, 4.69) is 15.2 Å². The number of hydrogen-bond donors (Lipinski definition) is 1. The molecule has 1 aromatic carbocycles. The van der Waals surface area contributed by atoms with Crippen molar-refractivity contribution >= 4 is 23.3 Å². The highest BCUT2D eigenvalue weighted by molar-refractivity contribution is 5.95. The third kappa shape index (κ3) is 4.14. The van der Waals surface area contributed by atoms with E-state index in [1.165, 1.54) is 0 Å². The van der Waals surface area contributed by atoms with Crippen molar-refractivity contribution in [3.05, 3.63) is 53.7 Å². The fourth-order valence-electron chi connectivity index (χ4n) is 3.50. The summed E-state index contributed by atoms with van der Waals surface area (Å²) >= 11 is 0. The van der Waals surface area contributed by atoms with E-state index in [9.17, 15) is 9.59 Å². The highest BCUT2D eigenvalue weighted by Crippen LogP contribution is 2.21. The molecule has 7 nitrogen and oxygen atoms in total. The lowest BCUT2D eigenvalue weighted by molar-refractivity contribution is -0.117. The van der Waals surface area contributed by atoms with E-state index < -0.39 is 0 Å². The summed E-state index contributed by atoms with van der Waals surface area (Å²) in [5, 5.41) is 2.92. The molecule has 0 bridgehead atoms. The van der Waals surface area contributed by atoms with Crippen molar-refractivity contribution in [3.63, 3.8) is 0 Å². The molecule has 0 radical (unpaired) electrons. The van der Waals surface area contributed by atoms with Crippen LogP contribution in [0, 0.1) is 0 Å². The van der Waals surface area contributed by atoms with Crippen LogP contribution in [0.25, 0.3) is 0 Å². The molecule has 0 saturated carbocycles. The Morgan fingerprint density at radius 1 is 1.07 bits per heavy atom. The van der Waals surface area contributed by atoms with Gasteiger partial charge in [-0.25, -0.2) is 4.98 Å². The van der Waals surface area contributed by atoms with Crippen LogP contribution in [-0.4, -0.2) is 49.6 Å². The number of carbonyl (C=O) groups excluding carboxylic acids is 2. The molecule has 0 unspecified atom stereocenters. The Bertz CT molecular complexity index is 830. The van der Waals surface area contributed by atoms with Crippen LogP contribution in [-0.2, 0) is 16.1 Å². The zero-order chi connectivity index (χ0) is 19.3. The molecule has 0 atom stereocenters. The van der Waals surface area contributed by atoms with Gasteiger partial charge in [0.25, 0.3) is 5.91 Å². The van der Waals surface area contributed by atoms with Crippen molar-refractivity contribution in [1.29, 1.82) is 0 Å². The van der Waals surface area contributed by atoms with E-state index in [0.717, 1.165) is 43.1 Å². The molecule has 2 saturated heterocycles. The lowest BCUT2D eigenvalue weighted by Crippen LogP contribution is -2.36. The summed E-state index contributed by atoms with van der Waals surface area (Å²) in [5.41, 5.74) is 2.44. The maximum atomic E-state index is 12.4. The van der Waals surface area contributed by atoms with Crippen molar-refractivity contribution in [2.24, 2.45) is 0 Å². The molecule has 3 heterocycles. The number of benzene rings is 1. The minimum Gasteiger partial charge on any atom is -0.378 e.